The zero-order valence-corrected chi connectivity index (χ0v) is 10.1. The average molecular weight is 202 g/mol. The Morgan fingerprint density at radius 2 is 1.79 bits per heavy atom. The zero-order chi connectivity index (χ0) is 11.2. The Morgan fingerprint density at radius 1 is 1.21 bits per heavy atom. The Balaban J connectivity index is 4.16. The molecule has 0 aliphatic heterocycles. The van der Waals surface area contributed by atoms with Crippen LogP contribution in [0.25, 0.3) is 0 Å². The quantitative estimate of drug-likeness (QED) is 0.623. The van der Waals surface area contributed by atoms with E-state index in [2.05, 4.69) is 6.92 Å². The molecule has 0 aliphatic rings. The summed E-state index contributed by atoms with van der Waals surface area (Å²) < 4.78 is 0. The van der Waals surface area contributed by atoms with Crippen LogP contribution < -0.4 is 0 Å². The Labute approximate surface area is 88.3 Å². The molecule has 0 aromatic heterocycles. The van der Waals surface area contributed by atoms with E-state index < -0.39 is 6.10 Å². The fourth-order valence-corrected chi connectivity index (χ4v) is 1.90. The summed E-state index contributed by atoms with van der Waals surface area (Å²) in [7, 11) is 0. The summed E-state index contributed by atoms with van der Waals surface area (Å²) in [5, 5.41) is 19.3. The second-order valence-corrected chi connectivity index (χ2v) is 4.96. The Bertz CT molecular complexity index is 145. The average Bonchev–Trinajstić information content (AvgIpc) is 2.16. The van der Waals surface area contributed by atoms with Gasteiger partial charge in [0.15, 0.2) is 0 Å². The van der Waals surface area contributed by atoms with Gasteiger partial charge in [0.05, 0.1) is 12.7 Å². The highest BCUT2D eigenvalue weighted by molar-refractivity contribution is 4.83. The van der Waals surface area contributed by atoms with Crippen LogP contribution in [-0.4, -0.2) is 22.9 Å². The van der Waals surface area contributed by atoms with Gasteiger partial charge in [0, 0.05) is 5.41 Å². The van der Waals surface area contributed by atoms with Crippen molar-refractivity contribution in [1.82, 2.24) is 0 Å². The largest absolute Gasteiger partial charge is 0.396 e. The highest BCUT2D eigenvalue weighted by atomic mass is 16.3. The summed E-state index contributed by atoms with van der Waals surface area (Å²) in [5.74, 6) is 0.216. The van der Waals surface area contributed by atoms with E-state index in [1.165, 1.54) is 12.8 Å². The summed E-state index contributed by atoms with van der Waals surface area (Å²) in [6, 6.07) is 0. The molecule has 2 N–H and O–H groups in total. The van der Waals surface area contributed by atoms with Crippen molar-refractivity contribution < 1.29 is 10.2 Å². The second-order valence-electron chi connectivity index (χ2n) is 4.96. The zero-order valence-electron chi connectivity index (χ0n) is 10.1. The molecule has 0 fully saturated rings. The fourth-order valence-electron chi connectivity index (χ4n) is 1.90. The van der Waals surface area contributed by atoms with Crippen LogP contribution in [0.3, 0.4) is 0 Å². The SMILES string of the molecule is CCCCCC(C)(CO)C(O)C(C)C. The Morgan fingerprint density at radius 3 is 2.14 bits per heavy atom. The highest BCUT2D eigenvalue weighted by Gasteiger charge is 2.33. The molecule has 0 saturated carbocycles. The summed E-state index contributed by atoms with van der Waals surface area (Å²) in [4.78, 5) is 0. The lowest BCUT2D eigenvalue weighted by Crippen LogP contribution is -2.39. The first-order chi connectivity index (χ1) is 6.48. The molecule has 0 rings (SSSR count). The second kappa shape index (κ2) is 6.41. The maximum atomic E-state index is 9.98. The number of hydrogen-bond donors (Lipinski definition) is 2. The number of hydrogen-bond acceptors (Lipinski definition) is 2. The number of rotatable bonds is 7. The molecule has 86 valence electrons. The molecule has 2 heteroatoms. The molecular weight excluding hydrogens is 176 g/mol. The third-order valence-corrected chi connectivity index (χ3v) is 3.06. The number of unbranched alkanes of at least 4 members (excludes halogenated alkanes) is 2. The van der Waals surface area contributed by atoms with E-state index >= 15 is 0 Å². The van der Waals surface area contributed by atoms with E-state index in [4.69, 9.17) is 0 Å². The van der Waals surface area contributed by atoms with E-state index in [0.717, 1.165) is 12.8 Å². The van der Waals surface area contributed by atoms with Gasteiger partial charge in [-0.1, -0.05) is 47.0 Å². The van der Waals surface area contributed by atoms with Gasteiger partial charge in [-0.2, -0.15) is 0 Å². The minimum Gasteiger partial charge on any atom is -0.396 e. The Hall–Kier alpha value is -0.0800. The highest BCUT2D eigenvalue weighted by Crippen LogP contribution is 2.31. The standard InChI is InChI=1S/C12H26O2/c1-5-6-7-8-12(4,9-13)11(14)10(2)3/h10-11,13-14H,5-9H2,1-4H3. The molecule has 0 bridgehead atoms. The first-order valence-electron chi connectivity index (χ1n) is 5.77. The summed E-state index contributed by atoms with van der Waals surface area (Å²) >= 11 is 0. The van der Waals surface area contributed by atoms with Gasteiger partial charge in [0.25, 0.3) is 0 Å². The van der Waals surface area contributed by atoms with Gasteiger partial charge in [-0.15, -0.1) is 0 Å². The monoisotopic (exact) mass is 202 g/mol. The van der Waals surface area contributed by atoms with Crippen LogP contribution in [0.2, 0.25) is 0 Å². The van der Waals surface area contributed by atoms with Gasteiger partial charge in [-0.25, -0.2) is 0 Å². The van der Waals surface area contributed by atoms with Crippen molar-refractivity contribution in [3.8, 4) is 0 Å². The molecule has 0 spiro atoms. The third kappa shape index (κ3) is 3.97. The van der Waals surface area contributed by atoms with Crippen LogP contribution in [0.15, 0.2) is 0 Å². The molecule has 14 heavy (non-hydrogen) atoms. The summed E-state index contributed by atoms with van der Waals surface area (Å²) in [6.45, 7) is 8.22. The van der Waals surface area contributed by atoms with E-state index in [-0.39, 0.29) is 17.9 Å². The predicted octanol–water partition coefficient (Wildman–Crippen LogP) is 2.58. The molecule has 0 aromatic rings. The Kier molecular flexibility index (Phi) is 6.38. The van der Waals surface area contributed by atoms with Gasteiger partial charge < -0.3 is 10.2 Å². The molecule has 2 atom stereocenters. The molecule has 2 unspecified atom stereocenters. The molecule has 2 nitrogen and oxygen atoms in total. The minimum absolute atomic E-state index is 0.0794. The van der Waals surface area contributed by atoms with Crippen LogP contribution in [0.5, 0.6) is 0 Å². The van der Waals surface area contributed by atoms with Gasteiger partial charge >= 0.3 is 0 Å². The van der Waals surface area contributed by atoms with Crippen molar-refractivity contribution in [2.45, 2.75) is 59.5 Å². The van der Waals surface area contributed by atoms with E-state index in [1.807, 2.05) is 20.8 Å². The smallest absolute Gasteiger partial charge is 0.0638 e. The van der Waals surface area contributed by atoms with Gasteiger partial charge in [-0.3, -0.25) is 0 Å². The molecule has 0 saturated heterocycles. The van der Waals surface area contributed by atoms with E-state index in [1.54, 1.807) is 0 Å². The van der Waals surface area contributed by atoms with Crippen molar-refractivity contribution in [3.05, 3.63) is 0 Å². The number of aliphatic hydroxyl groups excluding tert-OH is 2. The van der Waals surface area contributed by atoms with E-state index in [9.17, 15) is 10.2 Å². The first-order valence-corrected chi connectivity index (χ1v) is 5.77. The third-order valence-electron chi connectivity index (χ3n) is 3.06. The van der Waals surface area contributed by atoms with Crippen LogP contribution >= 0.6 is 0 Å². The van der Waals surface area contributed by atoms with Crippen LogP contribution in [-0.2, 0) is 0 Å². The van der Waals surface area contributed by atoms with E-state index in [0.29, 0.717) is 0 Å². The molecular formula is C12H26O2. The predicted molar refractivity (Wildman–Crippen MR) is 60.2 cm³/mol. The molecule has 0 aromatic carbocycles. The van der Waals surface area contributed by atoms with Crippen molar-refractivity contribution in [3.63, 3.8) is 0 Å². The van der Waals surface area contributed by atoms with Crippen molar-refractivity contribution in [1.29, 1.82) is 0 Å². The molecule has 0 aliphatic carbocycles. The van der Waals surface area contributed by atoms with Gasteiger partial charge in [-0.05, 0) is 12.3 Å². The maximum absolute atomic E-state index is 9.98. The van der Waals surface area contributed by atoms with Crippen molar-refractivity contribution in [2.24, 2.45) is 11.3 Å². The van der Waals surface area contributed by atoms with Crippen LogP contribution in [0.1, 0.15) is 53.4 Å². The lowest BCUT2D eigenvalue weighted by atomic mass is 9.76. The summed E-state index contributed by atoms with van der Waals surface area (Å²) in [5.41, 5.74) is -0.316. The normalized spacial score (nSPS) is 18.2. The van der Waals surface area contributed by atoms with Gasteiger partial charge in [0.1, 0.15) is 0 Å². The number of aliphatic hydroxyl groups is 2. The topological polar surface area (TPSA) is 40.5 Å². The van der Waals surface area contributed by atoms with Crippen molar-refractivity contribution in [2.75, 3.05) is 6.61 Å². The molecule has 0 radical (unpaired) electrons. The lowest BCUT2D eigenvalue weighted by Gasteiger charge is -2.35. The minimum atomic E-state index is -0.399. The molecule has 0 heterocycles. The molecule has 0 amide bonds. The van der Waals surface area contributed by atoms with Crippen molar-refractivity contribution >= 4 is 0 Å². The van der Waals surface area contributed by atoms with Crippen LogP contribution in [0, 0.1) is 11.3 Å². The first kappa shape index (κ1) is 13.9. The fraction of sp³-hybridized carbons (Fsp3) is 1.00. The van der Waals surface area contributed by atoms with Gasteiger partial charge in [0.2, 0.25) is 0 Å². The lowest BCUT2D eigenvalue weighted by molar-refractivity contribution is -0.0385. The maximum Gasteiger partial charge on any atom is 0.0638 e. The van der Waals surface area contributed by atoms with Crippen LogP contribution in [0.4, 0.5) is 0 Å². The summed E-state index contributed by atoms with van der Waals surface area (Å²) in [6.07, 6.45) is 3.97.